The Bertz CT molecular complexity index is 1280. The monoisotopic (exact) mass is 395 g/mol. The minimum absolute atomic E-state index is 0.0762. The van der Waals surface area contributed by atoms with E-state index in [2.05, 4.69) is 5.32 Å². The molecule has 3 aromatic rings. The van der Waals surface area contributed by atoms with Gasteiger partial charge in [-0.3, -0.25) is 18.7 Å². The lowest BCUT2D eigenvalue weighted by molar-refractivity contribution is 0.104. The van der Waals surface area contributed by atoms with Gasteiger partial charge >= 0.3 is 5.69 Å². The first kappa shape index (κ1) is 18.7. The van der Waals surface area contributed by atoms with Crippen LogP contribution in [-0.2, 0) is 13.6 Å². The quantitative estimate of drug-likeness (QED) is 0.687. The molecule has 4 rings (SSSR count). The van der Waals surface area contributed by atoms with Crippen LogP contribution in [0.4, 0.5) is 10.2 Å². The standard InChI is InChI=1S/C21H18FN3O4/c1-3-10-25-19-17(20(27)24(2)21(25)28)18(26)15(23-19)11-12-8-9-16(29-12)13-6-4-5-7-14(13)22/h4-9,11,23H,3,10H2,1-2H3/b15-11-. The number of allylic oxidation sites excluding steroid dienone is 1. The Morgan fingerprint density at radius 1 is 1.14 bits per heavy atom. The summed E-state index contributed by atoms with van der Waals surface area (Å²) in [6, 6.07) is 9.40. The van der Waals surface area contributed by atoms with E-state index in [-0.39, 0.29) is 17.1 Å². The Hall–Kier alpha value is -3.68. The van der Waals surface area contributed by atoms with E-state index >= 15 is 0 Å². The van der Waals surface area contributed by atoms with Crippen molar-refractivity contribution in [2.45, 2.75) is 19.9 Å². The molecule has 148 valence electrons. The van der Waals surface area contributed by atoms with Crippen molar-refractivity contribution in [3.63, 3.8) is 0 Å². The van der Waals surface area contributed by atoms with Crippen LogP contribution in [0.2, 0.25) is 0 Å². The summed E-state index contributed by atoms with van der Waals surface area (Å²) in [7, 11) is 1.35. The fourth-order valence-corrected chi connectivity index (χ4v) is 3.33. The number of fused-ring (bicyclic) bond motifs is 1. The predicted molar refractivity (Wildman–Crippen MR) is 106 cm³/mol. The summed E-state index contributed by atoms with van der Waals surface area (Å²) in [5.74, 6) is -0.119. The normalized spacial score (nSPS) is 14.3. The summed E-state index contributed by atoms with van der Waals surface area (Å²) < 4.78 is 21.9. The van der Waals surface area contributed by atoms with Crippen LogP contribution in [0.3, 0.4) is 0 Å². The third-order valence-corrected chi connectivity index (χ3v) is 4.77. The summed E-state index contributed by atoms with van der Waals surface area (Å²) in [5.41, 5.74) is -0.798. The first-order valence-electron chi connectivity index (χ1n) is 9.14. The van der Waals surface area contributed by atoms with Gasteiger partial charge in [0.25, 0.3) is 5.56 Å². The van der Waals surface area contributed by atoms with Crippen LogP contribution in [0.1, 0.15) is 29.5 Å². The lowest BCUT2D eigenvalue weighted by Gasteiger charge is -2.11. The second kappa shape index (κ2) is 7.05. The molecule has 0 bridgehead atoms. The fraction of sp³-hybridized carbons (Fsp3) is 0.190. The molecule has 1 aliphatic heterocycles. The van der Waals surface area contributed by atoms with Gasteiger partial charge < -0.3 is 9.73 Å². The molecule has 1 aromatic carbocycles. The van der Waals surface area contributed by atoms with Crippen LogP contribution in [0.5, 0.6) is 0 Å². The Kier molecular flexibility index (Phi) is 4.54. The maximum absolute atomic E-state index is 14.0. The number of nitrogens with zero attached hydrogens (tertiary/aromatic N) is 2. The van der Waals surface area contributed by atoms with Crippen LogP contribution < -0.4 is 16.6 Å². The smallest absolute Gasteiger partial charge is 0.332 e. The molecule has 29 heavy (non-hydrogen) atoms. The molecule has 2 aromatic heterocycles. The van der Waals surface area contributed by atoms with Crippen LogP contribution >= 0.6 is 0 Å². The van der Waals surface area contributed by atoms with Crippen molar-refractivity contribution in [2.24, 2.45) is 7.05 Å². The lowest BCUT2D eigenvalue weighted by atomic mass is 10.1. The van der Waals surface area contributed by atoms with Crippen LogP contribution in [-0.4, -0.2) is 14.9 Å². The molecule has 0 saturated carbocycles. The number of anilines is 1. The lowest BCUT2D eigenvalue weighted by Crippen LogP contribution is -2.40. The van der Waals surface area contributed by atoms with Crippen LogP contribution in [0.25, 0.3) is 17.4 Å². The number of Topliss-reactive ketones (excluding diaryl/α,β-unsaturated/α-hetero) is 1. The van der Waals surface area contributed by atoms with Gasteiger partial charge in [0.1, 0.15) is 28.7 Å². The minimum atomic E-state index is -0.648. The molecule has 0 fully saturated rings. The van der Waals surface area contributed by atoms with E-state index in [1.165, 1.54) is 23.8 Å². The van der Waals surface area contributed by atoms with E-state index in [9.17, 15) is 18.8 Å². The molecule has 3 heterocycles. The largest absolute Gasteiger partial charge is 0.457 e. The third kappa shape index (κ3) is 3.02. The van der Waals surface area contributed by atoms with E-state index in [0.717, 1.165) is 4.57 Å². The first-order valence-corrected chi connectivity index (χ1v) is 9.14. The molecule has 0 amide bonds. The molecule has 1 N–H and O–H groups in total. The molecular formula is C21H18FN3O4. The van der Waals surface area contributed by atoms with Crippen LogP contribution in [0, 0.1) is 5.82 Å². The highest BCUT2D eigenvalue weighted by atomic mass is 19.1. The van der Waals surface area contributed by atoms with E-state index in [4.69, 9.17) is 4.42 Å². The summed E-state index contributed by atoms with van der Waals surface area (Å²) in [6.45, 7) is 2.26. The van der Waals surface area contributed by atoms with E-state index in [1.807, 2.05) is 6.92 Å². The Balaban J connectivity index is 1.76. The minimum Gasteiger partial charge on any atom is -0.457 e. The molecule has 0 atom stereocenters. The van der Waals surface area contributed by atoms with Gasteiger partial charge in [-0.25, -0.2) is 9.18 Å². The number of rotatable bonds is 4. The maximum atomic E-state index is 14.0. The Morgan fingerprint density at radius 2 is 1.90 bits per heavy atom. The highest BCUT2D eigenvalue weighted by Gasteiger charge is 2.32. The van der Waals surface area contributed by atoms with Gasteiger partial charge in [0, 0.05) is 19.7 Å². The topological polar surface area (TPSA) is 86.2 Å². The number of nitrogens with one attached hydrogen (secondary N) is 1. The fourth-order valence-electron chi connectivity index (χ4n) is 3.33. The average molecular weight is 395 g/mol. The maximum Gasteiger partial charge on any atom is 0.332 e. The van der Waals surface area contributed by atoms with E-state index in [0.29, 0.717) is 30.0 Å². The van der Waals surface area contributed by atoms with Gasteiger partial charge in [-0.2, -0.15) is 0 Å². The Labute approximate surface area is 164 Å². The van der Waals surface area contributed by atoms with Gasteiger partial charge in [-0.05, 0) is 30.7 Å². The van der Waals surface area contributed by atoms with E-state index < -0.39 is 22.8 Å². The number of hydrogen-bond donors (Lipinski definition) is 1. The zero-order valence-electron chi connectivity index (χ0n) is 15.9. The summed E-state index contributed by atoms with van der Waals surface area (Å²) >= 11 is 0. The van der Waals surface area contributed by atoms with Gasteiger partial charge in [0.2, 0.25) is 5.78 Å². The molecule has 8 heteroatoms. The van der Waals surface area contributed by atoms with Gasteiger partial charge in [0.15, 0.2) is 0 Å². The Morgan fingerprint density at radius 3 is 2.62 bits per heavy atom. The molecule has 0 aliphatic carbocycles. The van der Waals surface area contributed by atoms with Crippen molar-refractivity contribution in [3.8, 4) is 11.3 Å². The van der Waals surface area contributed by atoms with Crippen molar-refractivity contribution in [2.75, 3.05) is 5.32 Å². The van der Waals surface area contributed by atoms with Gasteiger partial charge in [-0.1, -0.05) is 19.1 Å². The van der Waals surface area contributed by atoms with Crippen molar-refractivity contribution < 1.29 is 13.6 Å². The van der Waals surface area contributed by atoms with Gasteiger partial charge in [0.05, 0.1) is 11.3 Å². The van der Waals surface area contributed by atoms with Crippen molar-refractivity contribution in [1.29, 1.82) is 0 Å². The zero-order chi connectivity index (χ0) is 20.7. The highest BCUT2D eigenvalue weighted by molar-refractivity contribution is 6.19. The number of aromatic nitrogens is 2. The second-order valence-electron chi connectivity index (χ2n) is 6.72. The zero-order valence-corrected chi connectivity index (χ0v) is 15.9. The van der Waals surface area contributed by atoms with Crippen molar-refractivity contribution in [3.05, 3.63) is 80.1 Å². The SMILES string of the molecule is CCCn1c2c(c(=O)n(C)c1=O)C(=O)/C(=C/c1ccc(-c3ccccc3F)o1)N2. The van der Waals surface area contributed by atoms with Crippen LogP contribution in [0.15, 0.2) is 56.1 Å². The number of carbonyl (C=O) groups is 1. The predicted octanol–water partition coefficient (Wildman–Crippen LogP) is 3.01. The molecule has 0 spiro atoms. The highest BCUT2D eigenvalue weighted by Crippen LogP contribution is 2.29. The molecule has 7 nitrogen and oxygen atoms in total. The number of ketones is 1. The second-order valence-corrected chi connectivity index (χ2v) is 6.72. The molecule has 0 unspecified atom stereocenters. The summed E-state index contributed by atoms with van der Waals surface area (Å²) in [4.78, 5) is 37.7. The molecule has 0 saturated heterocycles. The average Bonchev–Trinajstić information content (AvgIpc) is 3.29. The molecule has 0 radical (unpaired) electrons. The number of benzene rings is 1. The first-order chi connectivity index (χ1) is 13.9. The number of carbonyl (C=O) groups excluding carboxylic acids is 1. The number of halogens is 1. The third-order valence-electron chi connectivity index (χ3n) is 4.77. The van der Waals surface area contributed by atoms with E-state index in [1.54, 1.807) is 30.3 Å². The van der Waals surface area contributed by atoms with Gasteiger partial charge in [-0.15, -0.1) is 0 Å². The summed E-state index contributed by atoms with van der Waals surface area (Å²) in [6.07, 6.45) is 2.09. The summed E-state index contributed by atoms with van der Waals surface area (Å²) in [5, 5.41) is 2.88. The number of furan rings is 1. The number of hydrogen-bond acceptors (Lipinski definition) is 5. The molecular weight excluding hydrogens is 377 g/mol. The van der Waals surface area contributed by atoms with Crippen molar-refractivity contribution in [1.82, 2.24) is 9.13 Å². The molecule has 1 aliphatic rings. The van der Waals surface area contributed by atoms with Crippen molar-refractivity contribution >= 4 is 17.7 Å².